The Labute approximate surface area is 103 Å². The van der Waals surface area contributed by atoms with Crippen LogP contribution >= 0.6 is 15.9 Å². The predicted molar refractivity (Wildman–Crippen MR) is 69.9 cm³/mol. The zero-order chi connectivity index (χ0) is 11.7. The highest BCUT2D eigenvalue weighted by molar-refractivity contribution is 9.10. The van der Waals surface area contributed by atoms with E-state index >= 15 is 0 Å². The lowest BCUT2D eigenvalue weighted by atomic mass is 10.2. The fraction of sp³-hybridized carbons (Fsp3) is 0.308. The van der Waals surface area contributed by atoms with Crippen LogP contribution in [0.4, 0.5) is 0 Å². The summed E-state index contributed by atoms with van der Waals surface area (Å²) < 4.78 is 3.16. The lowest BCUT2D eigenvalue weighted by molar-refractivity contribution is 0.0994. The van der Waals surface area contributed by atoms with Crippen LogP contribution in [0.2, 0.25) is 0 Å². The molecule has 1 aliphatic rings. The molecule has 2 nitrogen and oxygen atoms in total. The monoisotopic (exact) mass is 279 g/mol. The van der Waals surface area contributed by atoms with Gasteiger partial charge in [-0.25, -0.2) is 0 Å². The highest BCUT2D eigenvalue weighted by Gasteiger charge is 2.21. The Morgan fingerprint density at radius 3 is 2.75 bits per heavy atom. The molecule has 0 fully saturated rings. The van der Waals surface area contributed by atoms with Crippen molar-refractivity contribution >= 4 is 32.6 Å². The molecule has 1 aromatic heterocycles. The van der Waals surface area contributed by atoms with E-state index in [1.54, 1.807) is 0 Å². The van der Waals surface area contributed by atoms with E-state index < -0.39 is 0 Å². The van der Waals surface area contributed by atoms with Gasteiger partial charge in [0.05, 0.1) is 5.69 Å². The van der Waals surface area contributed by atoms with Gasteiger partial charge in [0.15, 0.2) is 5.78 Å². The number of ketones is 1. The smallest absolute Gasteiger partial charge is 0.181 e. The standard InChI is InChI=1S/C11H8BrNO.C2H6/c12-8-1-2-9-7(5-8)6-10-11(14)3-4-13(9)10;1-2/h1-2,5-6H,3-4H2;1-2H3. The Hall–Kier alpha value is -1.09. The second kappa shape index (κ2) is 4.42. The molecule has 0 saturated carbocycles. The third kappa shape index (κ3) is 1.69. The molecule has 3 heteroatoms. The lowest BCUT2D eigenvalue weighted by Gasteiger charge is -1.98. The van der Waals surface area contributed by atoms with Crippen molar-refractivity contribution in [3.8, 4) is 0 Å². The van der Waals surface area contributed by atoms with Crippen molar-refractivity contribution in [2.75, 3.05) is 0 Å². The maximum atomic E-state index is 11.5. The molecule has 0 N–H and O–H groups in total. The average molecular weight is 280 g/mol. The number of Topliss-reactive ketones (excluding diaryl/α,β-unsaturated/α-hetero) is 1. The molecule has 0 amide bonds. The molecular weight excluding hydrogens is 266 g/mol. The molecule has 1 aromatic carbocycles. The number of carbonyl (C=O) groups is 1. The van der Waals surface area contributed by atoms with Crippen LogP contribution in [0.15, 0.2) is 28.7 Å². The van der Waals surface area contributed by atoms with Crippen LogP contribution in [0.1, 0.15) is 30.8 Å². The van der Waals surface area contributed by atoms with Crippen LogP contribution in [-0.4, -0.2) is 10.4 Å². The summed E-state index contributed by atoms with van der Waals surface area (Å²) >= 11 is 3.43. The molecule has 0 aliphatic carbocycles. The molecule has 0 spiro atoms. The molecule has 1 aliphatic heterocycles. The van der Waals surface area contributed by atoms with Crippen LogP contribution in [0.5, 0.6) is 0 Å². The second-order valence-corrected chi connectivity index (χ2v) is 4.47. The molecule has 0 atom stereocenters. The predicted octanol–water partition coefficient (Wildman–Crippen LogP) is 4.02. The SMILES string of the molecule is CC.O=C1CCn2c1cc1cc(Br)ccc12. The van der Waals surface area contributed by atoms with Gasteiger partial charge in [0, 0.05) is 28.3 Å². The minimum Gasteiger partial charge on any atom is -0.338 e. The third-order valence-corrected chi connectivity index (χ3v) is 3.20. The lowest BCUT2D eigenvalue weighted by Crippen LogP contribution is -1.91. The maximum Gasteiger partial charge on any atom is 0.181 e. The quantitative estimate of drug-likeness (QED) is 0.714. The number of hydrogen-bond donors (Lipinski definition) is 0. The summed E-state index contributed by atoms with van der Waals surface area (Å²) in [6.07, 6.45) is 0.654. The summed E-state index contributed by atoms with van der Waals surface area (Å²) in [4.78, 5) is 11.5. The van der Waals surface area contributed by atoms with Gasteiger partial charge in [0.25, 0.3) is 0 Å². The van der Waals surface area contributed by atoms with Crippen molar-refractivity contribution in [3.05, 3.63) is 34.4 Å². The van der Waals surface area contributed by atoms with Gasteiger partial charge >= 0.3 is 0 Å². The molecular formula is C13H14BrNO. The van der Waals surface area contributed by atoms with Crippen molar-refractivity contribution in [1.29, 1.82) is 0 Å². The Morgan fingerprint density at radius 1 is 1.25 bits per heavy atom. The number of benzene rings is 1. The van der Waals surface area contributed by atoms with Gasteiger partial charge in [-0.1, -0.05) is 29.8 Å². The van der Waals surface area contributed by atoms with Crippen LogP contribution in [0.25, 0.3) is 10.9 Å². The minimum atomic E-state index is 0.261. The molecule has 3 rings (SSSR count). The van der Waals surface area contributed by atoms with Crippen molar-refractivity contribution in [3.63, 3.8) is 0 Å². The van der Waals surface area contributed by atoms with Crippen LogP contribution in [0.3, 0.4) is 0 Å². The topological polar surface area (TPSA) is 22.0 Å². The highest BCUT2D eigenvalue weighted by atomic mass is 79.9. The number of halogens is 1. The van der Waals surface area contributed by atoms with Crippen LogP contribution in [0, 0.1) is 0 Å². The largest absolute Gasteiger partial charge is 0.338 e. The molecule has 16 heavy (non-hydrogen) atoms. The zero-order valence-electron chi connectivity index (χ0n) is 9.46. The summed E-state index contributed by atoms with van der Waals surface area (Å²) in [6, 6.07) is 8.10. The van der Waals surface area contributed by atoms with Gasteiger partial charge in [-0.2, -0.15) is 0 Å². The van der Waals surface area contributed by atoms with E-state index in [9.17, 15) is 4.79 Å². The van der Waals surface area contributed by atoms with Crippen LogP contribution in [-0.2, 0) is 6.54 Å². The number of rotatable bonds is 0. The first-order valence-electron chi connectivity index (χ1n) is 5.58. The van der Waals surface area contributed by atoms with Crippen LogP contribution < -0.4 is 0 Å². The summed E-state index contributed by atoms with van der Waals surface area (Å²) in [5.74, 6) is 0.261. The third-order valence-electron chi connectivity index (χ3n) is 2.71. The molecule has 0 saturated heterocycles. The van der Waals surface area contributed by atoms with E-state index in [1.807, 2.05) is 32.0 Å². The van der Waals surface area contributed by atoms with Gasteiger partial charge < -0.3 is 4.57 Å². The molecule has 0 radical (unpaired) electrons. The first-order valence-corrected chi connectivity index (χ1v) is 6.37. The Balaban J connectivity index is 0.000000457. The molecule has 0 bridgehead atoms. The molecule has 84 valence electrons. The zero-order valence-corrected chi connectivity index (χ0v) is 11.0. The number of fused-ring (bicyclic) bond motifs is 3. The maximum absolute atomic E-state index is 11.5. The highest BCUT2D eigenvalue weighted by Crippen LogP contribution is 2.27. The van der Waals surface area contributed by atoms with Crippen molar-refractivity contribution < 1.29 is 4.79 Å². The summed E-state index contributed by atoms with van der Waals surface area (Å²) in [5.41, 5.74) is 2.02. The minimum absolute atomic E-state index is 0.261. The van der Waals surface area contributed by atoms with E-state index in [1.165, 1.54) is 0 Å². The molecule has 2 heterocycles. The molecule has 2 aromatic rings. The summed E-state index contributed by atoms with van der Waals surface area (Å²) in [7, 11) is 0. The average Bonchev–Trinajstić information content (AvgIpc) is 2.82. The summed E-state index contributed by atoms with van der Waals surface area (Å²) in [5, 5.41) is 1.14. The van der Waals surface area contributed by atoms with Gasteiger partial charge in [0.1, 0.15) is 0 Å². The van der Waals surface area contributed by atoms with E-state index in [-0.39, 0.29) is 5.78 Å². The summed E-state index contributed by atoms with van der Waals surface area (Å²) in [6.45, 7) is 4.83. The number of nitrogens with zero attached hydrogens (tertiary/aromatic N) is 1. The normalized spacial score (nSPS) is 13.6. The van der Waals surface area contributed by atoms with Gasteiger partial charge in [0.2, 0.25) is 0 Å². The van der Waals surface area contributed by atoms with Crippen molar-refractivity contribution in [2.24, 2.45) is 0 Å². The van der Waals surface area contributed by atoms with Crippen molar-refractivity contribution in [1.82, 2.24) is 4.57 Å². The van der Waals surface area contributed by atoms with E-state index in [0.29, 0.717) is 6.42 Å². The number of carbonyl (C=O) groups excluding carboxylic acids is 1. The fourth-order valence-corrected chi connectivity index (χ4v) is 2.43. The van der Waals surface area contributed by atoms with E-state index in [0.717, 1.165) is 27.6 Å². The van der Waals surface area contributed by atoms with Gasteiger partial charge in [-0.15, -0.1) is 0 Å². The second-order valence-electron chi connectivity index (χ2n) is 3.56. The van der Waals surface area contributed by atoms with Gasteiger partial charge in [-0.05, 0) is 24.3 Å². The fourth-order valence-electron chi connectivity index (χ4n) is 2.06. The Morgan fingerprint density at radius 2 is 2.00 bits per heavy atom. The number of hydrogen-bond acceptors (Lipinski definition) is 1. The molecule has 0 unspecified atom stereocenters. The first kappa shape index (κ1) is 11.4. The van der Waals surface area contributed by atoms with Crippen molar-refractivity contribution in [2.45, 2.75) is 26.8 Å². The Bertz CT molecular complexity index is 542. The number of aryl methyl sites for hydroxylation is 1. The number of aromatic nitrogens is 1. The van der Waals surface area contributed by atoms with E-state index in [4.69, 9.17) is 0 Å². The first-order chi connectivity index (χ1) is 7.75. The van der Waals surface area contributed by atoms with E-state index in [2.05, 4.69) is 26.6 Å². The van der Waals surface area contributed by atoms with Gasteiger partial charge in [-0.3, -0.25) is 4.79 Å². The Kier molecular flexibility index (Phi) is 3.15.